The van der Waals surface area contributed by atoms with E-state index in [1.54, 1.807) is 20.8 Å². The number of imidazole rings is 1. The lowest BCUT2D eigenvalue weighted by atomic mass is 9.96. The van der Waals surface area contributed by atoms with Gasteiger partial charge < -0.3 is 33.7 Å². The number of hydrogen-bond donors (Lipinski definition) is 4. The summed E-state index contributed by atoms with van der Waals surface area (Å²) in [4.78, 5) is 36.3. The first-order valence-corrected chi connectivity index (χ1v) is 13.4. The van der Waals surface area contributed by atoms with E-state index in [0.717, 1.165) is 0 Å². The van der Waals surface area contributed by atoms with Crippen LogP contribution in [0.25, 0.3) is 11.2 Å². The fraction of sp³-hybridized carbons (Fsp3) is 0.667. The summed E-state index contributed by atoms with van der Waals surface area (Å²) in [7, 11) is -2.63. The molecule has 0 spiro atoms. The SMILES string of the molecule is CCOC(=O)CNP(=O)(NCC(=O)OCC)OC[C@H]1O[C@@H](n2cnc3c(OC)nc(C)nc32)C(C)(O)[C@H]1O. The van der Waals surface area contributed by atoms with E-state index in [1.165, 1.54) is 24.9 Å². The summed E-state index contributed by atoms with van der Waals surface area (Å²) in [6.45, 7) is 4.98. The third-order valence-electron chi connectivity index (χ3n) is 5.60. The number of aliphatic hydroxyl groups excluding tert-OH is 1. The number of aliphatic hydroxyl groups is 2. The molecule has 0 radical (unpaired) electrons. The van der Waals surface area contributed by atoms with Gasteiger partial charge in [0.2, 0.25) is 5.88 Å². The lowest BCUT2D eigenvalue weighted by Crippen LogP contribution is -2.44. The predicted octanol–water partition coefficient (Wildman–Crippen LogP) is -0.417. The average Bonchev–Trinajstić information content (AvgIpc) is 3.38. The summed E-state index contributed by atoms with van der Waals surface area (Å²) in [6.07, 6.45) is -2.49. The number of nitrogens with one attached hydrogen (secondary N) is 2. The van der Waals surface area contributed by atoms with E-state index in [1.807, 2.05) is 0 Å². The van der Waals surface area contributed by atoms with Gasteiger partial charge in [-0.3, -0.25) is 18.7 Å². The van der Waals surface area contributed by atoms with Gasteiger partial charge in [0.15, 0.2) is 17.4 Å². The van der Waals surface area contributed by atoms with E-state index in [2.05, 4.69) is 25.1 Å². The van der Waals surface area contributed by atoms with Crippen molar-refractivity contribution < 1.29 is 47.8 Å². The van der Waals surface area contributed by atoms with Crippen LogP contribution in [0.3, 0.4) is 0 Å². The van der Waals surface area contributed by atoms with Crippen molar-refractivity contribution in [2.75, 3.05) is 40.0 Å². The van der Waals surface area contributed by atoms with Crippen LogP contribution in [0.2, 0.25) is 0 Å². The lowest BCUT2D eigenvalue weighted by Gasteiger charge is -2.27. The molecule has 0 amide bonds. The molecule has 1 unspecified atom stereocenters. The Morgan fingerprint density at radius 1 is 1.18 bits per heavy atom. The van der Waals surface area contributed by atoms with Gasteiger partial charge in [0.1, 0.15) is 36.7 Å². The molecule has 3 rings (SSSR count). The number of carbonyl (C=O) groups excluding carboxylic acids is 2. The van der Waals surface area contributed by atoms with Gasteiger partial charge in [0.05, 0.1) is 33.3 Å². The Kier molecular flexibility index (Phi) is 9.75. The lowest BCUT2D eigenvalue weighted by molar-refractivity contribution is -0.142. The maximum atomic E-state index is 13.3. The zero-order chi connectivity index (χ0) is 28.1. The summed E-state index contributed by atoms with van der Waals surface area (Å²) < 4.78 is 41.1. The summed E-state index contributed by atoms with van der Waals surface area (Å²) in [5.41, 5.74) is -1.23. The largest absolute Gasteiger partial charge is 0.479 e. The highest BCUT2D eigenvalue weighted by Crippen LogP contribution is 2.43. The summed E-state index contributed by atoms with van der Waals surface area (Å²) in [6, 6.07) is 0. The Morgan fingerprint density at radius 2 is 1.79 bits per heavy atom. The standard InChI is InChI=1S/C21H33N6O10P/c1-6-34-14(28)8-23-38(32,24-9-15(29)35-7-2)36-10-13-17(30)21(4,31)20(37-13)27-11-22-16-18(27)25-12(3)26-19(16)33-5/h11,13,17,20,30-31H,6-10H2,1-5H3,(H2,23,24,32)/t13-,17+,20-,21?/m1/s1. The van der Waals surface area contributed by atoms with Gasteiger partial charge in [-0.05, 0) is 27.7 Å². The van der Waals surface area contributed by atoms with Crippen molar-refractivity contribution in [3.63, 3.8) is 0 Å². The maximum Gasteiger partial charge on any atom is 0.341 e. The summed E-state index contributed by atoms with van der Waals surface area (Å²) in [5, 5.41) is 26.8. The van der Waals surface area contributed by atoms with E-state index in [0.29, 0.717) is 17.0 Å². The van der Waals surface area contributed by atoms with Crippen molar-refractivity contribution in [1.82, 2.24) is 29.7 Å². The third kappa shape index (κ3) is 6.64. The number of ether oxygens (including phenoxy) is 4. The van der Waals surface area contributed by atoms with E-state index in [-0.39, 0.29) is 19.1 Å². The Hall–Kier alpha value is -2.72. The fourth-order valence-corrected chi connectivity index (χ4v) is 5.10. The number of aromatic nitrogens is 4. The molecule has 0 aromatic carbocycles. The number of hydrogen-bond acceptors (Lipinski definition) is 13. The minimum atomic E-state index is -4.06. The molecule has 16 nitrogen and oxygen atoms in total. The molecule has 0 aliphatic carbocycles. The monoisotopic (exact) mass is 560 g/mol. The molecule has 17 heteroatoms. The van der Waals surface area contributed by atoms with Crippen LogP contribution in [-0.2, 0) is 32.9 Å². The molecule has 3 heterocycles. The Balaban J connectivity index is 1.78. The van der Waals surface area contributed by atoms with E-state index in [9.17, 15) is 24.4 Å². The first kappa shape index (κ1) is 29.8. The zero-order valence-electron chi connectivity index (χ0n) is 21.7. The molecule has 0 saturated carbocycles. The van der Waals surface area contributed by atoms with Crippen molar-refractivity contribution in [3.05, 3.63) is 12.2 Å². The smallest absolute Gasteiger partial charge is 0.341 e. The van der Waals surface area contributed by atoms with Gasteiger partial charge >= 0.3 is 19.6 Å². The minimum absolute atomic E-state index is 0.111. The van der Waals surface area contributed by atoms with Crippen LogP contribution in [0.1, 0.15) is 32.8 Å². The van der Waals surface area contributed by atoms with Gasteiger partial charge in [0.25, 0.3) is 0 Å². The van der Waals surface area contributed by atoms with Crippen LogP contribution in [0.15, 0.2) is 6.33 Å². The molecule has 4 atom stereocenters. The number of fused-ring (bicyclic) bond motifs is 1. The number of methoxy groups -OCH3 is 1. The van der Waals surface area contributed by atoms with Crippen LogP contribution in [0.4, 0.5) is 0 Å². The van der Waals surface area contributed by atoms with Crippen LogP contribution >= 0.6 is 7.67 Å². The minimum Gasteiger partial charge on any atom is -0.479 e. The molecule has 1 aliphatic heterocycles. The molecule has 38 heavy (non-hydrogen) atoms. The molecule has 1 saturated heterocycles. The Labute approximate surface area is 218 Å². The second-order valence-corrected chi connectivity index (χ2v) is 10.4. The Bertz CT molecular complexity index is 1160. The quantitative estimate of drug-likeness (QED) is 0.181. The molecular formula is C21H33N6O10P. The van der Waals surface area contributed by atoms with Gasteiger partial charge in [0, 0.05) is 0 Å². The highest BCUT2D eigenvalue weighted by Gasteiger charge is 2.54. The Morgan fingerprint density at radius 3 is 2.34 bits per heavy atom. The number of nitrogens with zero attached hydrogens (tertiary/aromatic N) is 4. The number of esters is 2. The number of carbonyl (C=O) groups is 2. The number of aryl methyl sites for hydroxylation is 1. The summed E-state index contributed by atoms with van der Waals surface area (Å²) >= 11 is 0. The molecular weight excluding hydrogens is 527 g/mol. The topological polar surface area (TPSA) is 205 Å². The molecule has 1 fully saturated rings. The van der Waals surface area contributed by atoms with Crippen molar-refractivity contribution >= 4 is 30.8 Å². The second-order valence-electron chi connectivity index (χ2n) is 8.43. The van der Waals surface area contributed by atoms with E-state index < -0.39 is 63.3 Å². The van der Waals surface area contributed by atoms with Gasteiger partial charge in [-0.1, -0.05) is 0 Å². The maximum absolute atomic E-state index is 13.3. The van der Waals surface area contributed by atoms with Crippen LogP contribution in [0.5, 0.6) is 5.88 Å². The third-order valence-corrected chi connectivity index (χ3v) is 7.26. The second kappa shape index (κ2) is 12.4. The van der Waals surface area contributed by atoms with Gasteiger partial charge in [-0.15, -0.1) is 0 Å². The van der Waals surface area contributed by atoms with E-state index >= 15 is 0 Å². The van der Waals surface area contributed by atoms with Gasteiger partial charge in [-0.25, -0.2) is 20.1 Å². The molecule has 0 bridgehead atoms. The fourth-order valence-electron chi connectivity index (χ4n) is 3.77. The van der Waals surface area contributed by atoms with Crippen molar-refractivity contribution in [3.8, 4) is 5.88 Å². The zero-order valence-corrected chi connectivity index (χ0v) is 22.6. The highest BCUT2D eigenvalue weighted by molar-refractivity contribution is 7.54. The molecule has 212 valence electrons. The average molecular weight is 561 g/mol. The van der Waals surface area contributed by atoms with Gasteiger partial charge in [-0.2, -0.15) is 4.98 Å². The first-order valence-electron chi connectivity index (χ1n) is 11.8. The molecule has 1 aliphatic rings. The highest BCUT2D eigenvalue weighted by atomic mass is 31.2. The molecule has 2 aromatic heterocycles. The van der Waals surface area contributed by atoms with E-state index in [4.69, 9.17) is 23.5 Å². The van der Waals surface area contributed by atoms with Crippen molar-refractivity contribution in [2.24, 2.45) is 0 Å². The van der Waals surface area contributed by atoms with Crippen LogP contribution in [0, 0.1) is 6.92 Å². The van der Waals surface area contributed by atoms with Crippen molar-refractivity contribution in [1.29, 1.82) is 0 Å². The van der Waals surface area contributed by atoms with Crippen molar-refractivity contribution in [2.45, 2.75) is 51.7 Å². The molecule has 4 N–H and O–H groups in total. The number of rotatable bonds is 13. The predicted molar refractivity (Wildman–Crippen MR) is 130 cm³/mol. The van der Waals surface area contributed by atoms with Crippen LogP contribution in [-0.4, -0.2) is 99.5 Å². The summed E-state index contributed by atoms with van der Waals surface area (Å²) in [5.74, 6) is -0.788. The van der Waals surface area contributed by atoms with Crippen LogP contribution < -0.4 is 14.9 Å². The normalized spacial score (nSPS) is 23.5. The first-order chi connectivity index (χ1) is 18.0. The molecule has 2 aromatic rings.